The second-order valence-corrected chi connectivity index (χ2v) is 8.27. The average molecular weight is 285 g/mol. The van der Waals surface area contributed by atoms with Crippen molar-refractivity contribution in [1.29, 1.82) is 0 Å². The topological polar surface area (TPSA) is 43.1 Å². The van der Waals surface area contributed by atoms with Gasteiger partial charge in [-0.1, -0.05) is 37.6 Å². The summed E-state index contributed by atoms with van der Waals surface area (Å²) in [7, 11) is 0. The molecule has 2 saturated carbocycles. The van der Waals surface area contributed by atoms with Crippen LogP contribution in [0.1, 0.15) is 52.4 Å². The van der Waals surface area contributed by atoms with Gasteiger partial charge in [-0.15, -0.1) is 0 Å². The van der Waals surface area contributed by atoms with Crippen LogP contribution in [0.25, 0.3) is 0 Å². The van der Waals surface area contributed by atoms with Crippen molar-refractivity contribution in [2.75, 3.05) is 0 Å². The van der Waals surface area contributed by atoms with Crippen LogP contribution in [0.4, 0.5) is 0 Å². The molecule has 2 N–H and O–H groups in total. The molecule has 0 aromatic rings. The fraction of sp³-hybridized carbons (Fsp3) is 0.737. The Kier molecular flexibility index (Phi) is 2.83. The molecular weight excluding hydrogens is 258 g/mol. The van der Waals surface area contributed by atoms with Crippen molar-refractivity contribution in [2.45, 2.75) is 58.4 Å². The molecule has 2 heteroatoms. The van der Waals surface area contributed by atoms with E-state index >= 15 is 0 Å². The minimum Gasteiger partial charge on any atom is -0.324 e. The van der Waals surface area contributed by atoms with Gasteiger partial charge in [-0.2, -0.15) is 0 Å². The molecule has 0 heterocycles. The van der Waals surface area contributed by atoms with Gasteiger partial charge in [-0.3, -0.25) is 4.79 Å². The average Bonchev–Trinajstić information content (AvgIpc) is 2.76. The maximum atomic E-state index is 12.4. The third-order valence-electron chi connectivity index (χ3n) is 7.39. The van der Waals surface area contributed by atoms with Crippen LogP contribution in [-0.4, -0.2) is 11.8 Å². The molecule has 0 radical (unpaired) electrons. The lowest BCUT2D eigenvalue weighted by Gasteiger charge is -2.55. The minimum absolute atomic E-state index is 0.0162. The fourth-order valence-electron chi connectivity index (χ4n) is 6.05. The van der Waals surface area contributed by atoms with Gasteiger partial charge in [0.25, 0.3) is 0 Å². The molecule has 0 amide bonds. The zero-order chi connectivity index (χ0) is 14.8. The maximum absolute atomic E-state index is 12.4. The molecular formula is C19H27NO. The standard InChI is InChI=1S/C19H27NO/c1-18-9-7-13(20)11-12(18)3-4-14-15-5-6-17(21)19(15,2)10-8-16(14)18/h3,7,9,13-16H,4-6,8,10-11,20H2,1-2H3/t13?,14-,15-,16+,18-,19-/m0/s1. The number of carbonyl (C=O) groups excluding carboxylic acids is 1. The number of allylic oxidation sites excluding steroid dienone is 2. The molecule has 0 aliphatic heterocycles. The van der Waals surface area contributed by atoms with Crippen molar-refractivity contribution in [3.8, 4) is 0 Å². The highest BCUT2D eigenvalue weighted by molar-refractivity contribution is 5.87. The van der Waals surface area contributed by atoms with Gasteiger partial charge in [-0.25, -0.2) is 0 Å². The maximum Gasteiger partial charge on any atom is 0.139 e. The van der Waals surface area contributed by atoms with E-state index in [9.17, 15) is 4.79 Å². The lowest BCUT2D eigenvalue weighted by Crippen LogP contribution is -2.49. The number of carbonyl (C=O) groups is 1. The van der Waals surface area contributed by atoms with Crippen molar-refractivity contribution in [3.05, 3.63) is 23.8 Å². The molecule has 21 heavy (non-hydrogen) atoms. The fourth-order valence-corrected chi connectivity index (χ4v) is 6.05. The van der Waals surface area contributed by atoms with Crippen LogP contribution < -0.4 is 5.73 Å². The van der Waals surface area contributed by atoms with E-state index in [1.165, 1.54) is 12.8 Å². The third-order valence-corrected chi connectivity index (χ3v) is 7.39. The zero-order valence-electron chi connectivity index (χ0n) is 13.3. The Morgan fingerprint density at radius 1 is 1.24 bits per heavy atom. The van der Waals surface area contributed by atoms with Gasteiger partial charge in [0, 0.05) is 23.3 Å². The van der Waals surface area contributed by atoms with Gasteiger partial charge in [0.05, 0.1) is 0 Å². The molecule has 4 aliphatic rings. The summed E-state index contributed by atoms with van der Waals surface area (Å²) < 4.78 is 0. The Labute approximate surface area is 127 Å². The van der Waals surface area contributed by atoms with E-state index in [2.05, 4.69) is 32.1 Å². The van der Waals surface area contributed by atoms with E-state index < -0.39 is 0 Å². The second-order valence-electron chi connectivity index (χ2n) is 8.27. The number of nitrogens with two attached hydrogens (primary N) is 1. The Hall–Kier alpha value is -0.890. The van der Waals surface area contributed by atoms with Crippen LogP contribution in [0.3, 0.4) is 0 Å². The lowest BCUT2D eigenvalue weighted by atomic mass is 9.49. The van der Waals surface area contributed by atoms with Crippen LogP contribution in [-0.2, 0) is 4.79 Å². The number of fused-ring (bicyclic) bond motifs is 5. The molecule has 0 spiro atoms. The molecule has 1 unspecified atom stereocenters. The molecule has 6 atom stereocenters. The Bertz CT molecular complexity index is 548. The first-order valence-corrected chi connectivity index (χ1v) is 8.63. The van der Waals surface area contributed by atoms with Crippen molar-refractivity contribution >= 4 is 5.78 Å². The summed E-state index contributed by atoms with van der Waals surface area (Å²) in [4.78, 5) is 12.4. The quantitative estimate of drug-likeness (QED) is 0.691. The largest absolute Gasteiger partial charge is 0.324 e. The van der Waals surface area contributed by atoms with Crippen molar-refractivity contribution in [1.82, 2.24) is 0 Å². The Morgan fingerprint density at radius 3 is 2.86 bits per heavy atom. The molecule has 0 saturated heterocycles. The normalized spacial score (nSPS) is 52.0. The van der Waals surface area contributed by atoms with Gasteiger partial charge in [0.15, 0.2) is 0 Å². The summed E-state index contributed by atoms with van der Waals surface area (Å²) in [6, 6.07) is 0.197. The van der Waals surface area contributed by atoms with Crippen LogP contribution >= 0.6 is 0 Å². The van der Waals surface area contributed by atoms with Crippen LogP contribution in [0, 0.1) is 28.6 Å². The summed E-state index contributed by atoms with van der Waals surface area (Å²) in [6.07, 6.45) is 13.5. The van der Waals surface area contributed by atoms with E-state index in [1.54, 1.807) is 5.57 Å². The Balaban J connectivity index is 1.72. The summed E-state index contributed by atoms with van der Waals surface area (Å²) in [5.41, 5.74) is 7.87. The van der Waals surface area contributed by atoms with Gasteiger partial charge in [-0.05, 0) is 49.9 Å². The van der Waals surface area contributed by atoms with Crippen molar-refractivity contribution in [3.63, 3.8) is 0 Å². The van der Waals surface area contributed by atoms with E-state index in [-0.39, 0.29) is 16.9 Å². The van der Waals surface area contributed by atoms with E-state index in [0.29, 0.717) is 23.5 Å². The van der Waals surface area contributed by atoms with Crippen LogP contribution in [0.5, 0.6) is 0 Å². The molecule has 0 aromatic carbocycles. The summed E-state index contributed by atoms with van der Waals surface area (Å²) in [6.45, 7) is 4.66. The monoisotopic (exact) mass is 285 g/mol. The van der Waals surface area contributed by atoms with E-state index in [0.717, 1.165) is 25.7 Å². The molecule has 0 bridgehead atoms. The highest BCUT2D eigenvalue weighted by Gasteiger charge is 2.57. The van der Waals surface area contributed by atoms with Gasteiger partial charge < -0.3 is 5.73 Å². The molecule has 114 valence electrons. The van der Waals surface area contributed by atoms with E-state index in [4.69, 9.17) is 5.73 Å². The number of Topliss-reactive ketones (excluding diaryl/α,β-unsaturated/α-hetero) is 1. The number of rotatable bonds is 0. The molecule has 4 aliphatic carbocycles. The summed E-state index contributed by atoms with van der Waals surface area (Å²) in [5.74, 6) is 2.56. The Morgan fingerprint density at radius 2 is 2.05 bits per heavy atom. The van der Waals surface area contributed by atoms with Gasteiger partial charge in [0.2, 0.25) is 0 Å². The summed E-state index contributed by atoms with van der Waals surface area (Å²) in [5, 5.41) is 0. The first-order chi connectivity index (χ1) is 9.95. The predicted octanol–water partition coefficient (Wildman–Crippen LogP) is 3.62. The van der Waals surface area contributed by atoms with Gasteiger partial charge >= 0.3 is 0 Å². The molecule has 2 fully saturated rings. The minimum atomic E-state index is -0.0162. The first kappa shape index (κ1) is 13.8. The van der Waals surface area contributed by atoms with Crippen molar-refractivity contribution in [2.24, 2.45) is 34.3 Å². The van der Waals surface area contributed by atoms with Crippen molar-refractivity contribution < 1.29 is 4.79 Å². The molecule has 2 nitrogen and oxygen atoms in total. The van der Waals surface area contributed by atoms with Gasteiger partial charge in [0.1, 0.15) is 5.78 Å². The number of ketones is 1. The highest BCUT2D eigenvalue weighted by Crippen LogP contribution is 2.62. The highest BCUT2D eigenvalue weighted by atomic mass is 16.1. The third kappa shape index (κ3) is 1.72. The first-order valence-electron chi connectivity index (χ1n) is 8.63. The van der Waals surface area contributed by atoms with Crippen LogP contribution in [0.15, 0.2) is 23.8 Å². The van der Waals surface area contributed by atoms with E-state index in [1.807, 2.05) is 0 Å². The second kappa shape index (κ2) is 4.32. The molecule has 0 aromatic heterocycles. The molecule has 4 rings (SSSR count). The smallest absolute Gasteiger partial charge is 0.139 e. The van der Waals surface area contributed by atoms with Crippen LogP contribution in [0.2, 0.25) is 0 Å². The number of hydrogen-bond acceptors (Lipinski definition) is 2. The SMILES string of the molecule is C[C@]12C=CC(N)CC1=CC[C@@H]1[C@H]2CC[C@]2(C)C(=O)CC[C@@H]12. The lowest BCUT2D eigenvalue weighted by molar-refractivity contribution is -0.131. The number of hydrogen-bond donors (Lipinski definition) is 1. The predicted molar refractivity (Wildman–Crippen MR) is 84.6 cm³/mol. The summed E-state index contributed by atoms with van der Waals surface area (Å²) >= 11 is 0. The zero-order valence-corrected chi connectivity index (χ0v) is 13.3.